The summed E-state index contributed by atoms with van der Waals surface area (Å²) in [6.45, 7) is -0.635. The van der Waals surface area contributed by atoms with E-state index in [1.54, 1.807) is 0 Å². The lowest BCUT2D eigenvalue weighted by molar-refractivity contribution is -0.317. The average molecular weight is 452 g/mol. The number of aliphatic hydroxyl groups excluding tert-OH is 4. The molecule has 0 aliphatic carbocycles. The second-order valence-corrected chi connectivity index (χ2v) is 7.80. The number of aromatic hydroxyl groups is 4. The molecule has 1 fully saturated rings. The van der Waals surface area contributed by atoms with Crippen molar-refractivity contribution in [2.24, 2.45) is 0 Å². The number of fused-ring (bicyclic) bond motifs is 1. The zero-order chi connectivity index (χ0) is 23.2. The Bertz CT molecular complexity index is 978. The molecule has 2 heterocycles. The van der Waals surface area contributed by atoms with Crippen molar-refractivity contribution in [1.82, 2.24) is 0 Å². The van der Waals surface area contributed by atoms with Crippen LogP contribution in [0.1, 0.15) is 17.2 Å². The number of phenolic OH excluding ortho intramolecular Hbond substituents is 4. The van der Waals surface area contributed by atoms with Crippen molar-refractivity contribution in [3.8, 4) is 28.7 Å². The first-order valence-electron chi connectivity index (χ1n) is 9.89. The summed E-state index contributed by atoms with van der Waals surface area (Å²) in [6.07, 6.45) is -9.41. The number of rotatable bonds is 4. The van der Waals surface area contributed by atoms with E-state index in [2.05, 4.69) is 0 Å². The standard InChI is InChI=1S/C21H24O11/c22-7-16-17(27)18(28)19(29)21(32-16)31-15-6-10-12(25)4-9(23)5-14(10)30-20(15)8-1-2-11(24)13(26)3-8/h1-5,15-29H,6-7H2/t15-,16?,17+,18?,19?,20+,21+/m0/s1. The van der Waals surface area contributed by atoms with Crippen LogP contribution in [0.25, 0.3) is 0 Å². The molecule has 174 valence electrons. The molecule has 7 atom stereocenters. The molecule has 0 bridgehead atoms. The Balaban J connectivity index is 1.68. The number of phenols is 4. The van der Waals surface area contributed by atoms with E-state index >= 15 is 0 Å². The summed E-state index contributed by atoms with van der Waals surface area (Å²) in [5.74, 6) is -1.10. The summed E-state index contributed by atoms with van der Waals surface area (Å²) in [5.41, 5.74) is 0.667. The Morgan fingerprint density at radius 2 is 1.62 bits per heavy atom. The van der Waals surface area contributed by atoms with Crippen molar-refractivity contribution in [2.45, 2.75) is 49.3 Å². The lowest BCUT2D eigenvalue weighted by Gasteiger charge is -2.43. The lowest BCUT2D eigenvalue weighted by atomic mass is 9.93. The van der Waals surface area contributed by atoms with Gasteiger partial charge in [-0.05, 0) is 17.7 Å². The average Bonchev–Trinajstić information content (AvgIpc) is 2.76. The van der Waals surface area contributed by atoms with Crippen LogP contribution in [-0.2, 0) is 15.9 Å². The molecule has 2 aliphatic rings. The van der Waals surface area contributed by atoms with E-state index in [1.807, 2.05) is 0 Å². The van der Waals surface area contributed by atoms with Crippen molar-refractivity contribution in [3.63, 3.8) is 0 Å². The topological polar surface area (TPSA) is 190 Å². The van der Waals surface area contributed by atoms with Crippen LogP contribution >= 0.6 is 0 Å². The molecule has 11 nitrogen and oxygen atoms in total. The molecule has 0 saturated carbocycles. The van der Waals surface area contributed by atoms with E-state index in [-0.39, 0.29) is 29.4 Å². The van der Waals surface area contributed by atoms with Gasteiger partial charge < -0.3 is 55.1 Å². The van der Waals surface area contributed by atoms with Gasteiger partial charge in [0.2, 0.25) is 0 Å². The second kappa shape index (κ2) is 8.62. The largest absolute Gasteiger partial charge is 0.508 e. The molecular formula is C21H24O11. The van der Waals surface area contributed by atoms with Gasteiger partial charge in [-0.25, -0.2) is 0 Å². The van der Waals surface area contributed by atoms with Gasteiger partial charge >= 0.3 is 0 Å². The van der Waals surface area contributed by atoms with Gasteiger partial charge in [0.15, 0.2) is 23.9 Å². The summed E-state index contributed by atoms with van der Waals surface area (Å²) in [5, 5.41) is 79.4. The van der Waals surface area contributed by atoms with Crippen molar-refractivity contribution < 1.29 is 55.1 Å². The van der Waals surface area contributed by atoms with Crippen molar-refractivity contribution >= 4 is 0 Å². The van der Waals surface area contributed by atoms with Gasteiger partial charge in [-0.15, -0.1) is 0 Å². The summed E-state index contributed by atoms with van der Waals surface area (Å²) < 4.78 is 17.2. The fourth-order valence-corrected chi connectivity index (χ4v) is 3.92. The van der Waals surface area contributed by atoms with Crippen LogP contribution in [-0.4, -0.2) is 84.3 Å². The van der Waals surface area contributed by atoms with Crippen LogP contribution in [0.15, 0.2) is 30.3 Å². The zero-order valence-corrected chi connectivity index (χ0v) is 16.6. The van der Waals surface area contributed by atoms with Crippen molar-refractivity contribution in [2.75, 3.05) is 6.61 Å². The Kier molecular flexibility index (Phi) is 6.03. The highest BCUT2D eigenvalue weighted by molar-refractivity contribution is 5.52. The molecule has 11 heteroatoms. The van der Waals surface area contributed by atoms with Gasteiger partial charge in [0.1, 0.15) is 47.8 Å². The van der Waals surface area contributed by atoms with Gasteiger partial charge in [-0.2, -0.15) is 0 Å². The van der Waals surface area contributed by atoms with Crippen LogP contribution in [0.5, 0.6) is 28.7 Å². The molecule has 4 rings (SSSR count). The molecule has 0 aromatic heterocycles. The number of aliphatic hydroxyl groups is 4. The van der Waals surface area contributed by atoms with E-state index in [1.165, 1.54) is 24.3 Å². The predicted molar refractivity (Wildman–Crippen MR) is 105 cm³/mol. The highest BCUT2D eigenvalue weighted by atomic mass is 16.7. The molecule has 1 saturated heterocycles. The Morgan fingerprint density at radius 1 is 0.875 bits per heavy atom. The minimum atomic E-state index is -1.66. The van der Waals surface area contributed by atoms with Gasteiger partial charge in [-0.3, -0.25) is 0 Å². The van der Waals surface area contributed by atoms with E-state index < -0.39 is 55.3 Å². The van der Waals surface area contributed by atoms with Crippen molar-refractivity contribution in [1.29, 1.82) is 0 Å². The SMILES string of the molecule is OCC1O[C@@H](O[C@H]2Cc3c(O)cc(O)cc3O[C@@H]2c2ccc(O)c(O)c2)C(O)C(O)[C@@H]1O. The smallest absolute Gasteiger partial charge is 0.187 e. The zero-order valence-electron chi connectivity index (χ0n) is 16.6. The monoisotopic (exact) mass is 452 g/mol. The van der Waals surface area contributed by atoms with Gasteiger partial charge in [0.05, 0.1) is 6.61 Å². The highest BCUT2D eigenvalue weighted by Crippen LogP contribution is 2.44. The van der Waals surface area contributed by atoms with Gasteiger partial charge in [0, 0.05) is 24.1 Å². The van der Waals surface area contributed by atoms with E-state index in [4.69, 9.17) is 14.2 Å². The summed E-state index contributed by atoms with van der Waals surface area (Å²) in [4.78, 5) is 0. The highest BCUT2D eigenvalue weighted by Gasteiger charge is 2.46. The normalized spacial score (nSPS) is 32.2. The number of hydrogen-bond acceptors (Lipinski definition) is 11. The van der Waals surface area contributed by atoms with E-state index in [0.29, 0.717) is 11.1 Å². The molecule has 2 aliphatic heterocycles. The first-order valence-corrected chi connectivity index (χ1v) is 9.89. The van der Waals surface area contributed by atoms with Crippen LogP contribution in [0.4, 0.5) is 0 Å². The first-order chi connectivity index (χ1) is 15.2. The second-order valence-electron chi connectivity index (χ2n) is 7.80. The Hall–Kier alpha value is -2.80. The third-order valence-electron chi connectivity index (χ3n) is 5.65. The van der Waals surface area contributed by atoms with Crippen molar-refractivity contribution in [3.05, 3.63) is 41.5 Å². The first kappa shape index (κ1) is 22.4. The summed E-state index contributed by atoms with van der Waals surface area (Å²) >= 11 is 0. The number of hydrogen-bond donors (Lipinski definition) is 8. The number of ether oxygens (including phenoxy) is 3. The molecule has 3 unspecified atom stereocenters. The van der Waals surface area contributed by atoms with Crippen LogP contribution in [0, 0.1) is 0 Å². The molecule has 32 heavy (non-hydrogen) atoms. The minimum absolute atomic E-state index is 0.0166. The van der Waals surface area contributed by atoms with Crippen LogP contribution in [0.3, 0.4) is 0 Å². The Morgan fingerprint density at radius 3 is 2.31 bits per heavy atom. The maximum atomic E-state index is 10.3. The maximum absolute atomic E-state index is 10.3. The summed E-state index contributed by atoms with van der Waals surface area (Å²) in [7, 11) is 0. The Labute approximate surface area is 181 Å². The fourth-order valence-electron chi connectivity index (χ4n) is 3.92. The fraction of sp³-hybridized carbons (Fsp3) is 0.429. The van der Waals surface area contributed by atoms with E-state index in [0.717, 1.165) is 6.07 Å². The molecule has 2 aromatic rings. The predicted octanol–water partition coefficient (Wildman–Crippen LogP) is -0.630. The molecule has 8 N–H and O–H groups in total. The number of benzene rings is 2. The molecule has 0 spiro atoms. The van der Waals surface area contributed by atoms with Gasteiger partial charge in [0.25, 0.3) is 0 Å². The maximum Gasteiger partial charge on any atom is 0.187 e. The molecule has 2 aromatic carbocycles. The molecule has 0 radical (unpaired) electrons. The minimum Gasteiger partial charge on any atom is -0.508 e. The molecule has 0 amide bonds. The van der Waals surface area contributed by atoms with E-state index in [9.17, 15) is 40.9 Å². The lowest BCUT2D eigenvalue weighted by Crippen LogP contribution is -2.60. The third kappa shape index (κ3) is 4.01. The molecular weight excluding hydrogens is 428 g/mol. The van der Waals surface area contributed by atoms with Crippen LogP contribution in [0.2, 0.25) is 0 Å². The quantitative estimate of drug-likeness (QED) is 0.276. The van der Waals surface area contributed by atoms with Crippen LogP contribution < -0.4 is 4.74 Å². The third-order valence-corrected chi connectivity index (χ3v) is 5.65. The van der Waals surface area contributed by atoms with Gasteiger partial charge in [-0.1, -0.05) is 6.07 Å². The summed E-state index contributed by atoms with van der Waals surface area (Å²) in [6, 6.07) is 6.38.